The number of thiophene rings is 1. The molecule has 8 heteroatoms. The Morgan fingerprint density at radius 1 is 1.21 bits per heavy atom. The lowest BCUT2D eigenvalue weighted by Gasteiger charge is -2.35. The van der Waals surface area contributed by atoms with Gasteiger partial charge >= 0.3 is 0 Å². The van der Waals surface area contributed by atoms with Gasteiger partial charge in [0.05, 0.1) is 12.6 Å². The molecule has 3 rings (SSSR count). The van der Waals surface area contributed by atoms with Crippen molar-refractivity contribution in [2.75, 3.05) is 39.3 Å². The highest BCUT2D eigenvalue weighted by atomic mass is 127. The standard InChI is InChI=1S/C21H35N5OS.HI/c1-3-22-21(24-11-10-23-20(27)17-6-7-17)25-15-18(19-5-4-14-28-19)26-12-8-16(2)9-13-26;/h4-5,14,16-18H,3,6-13,15H2,1-2H3,(H,23,27)(H2,22,24,25);1H. The summed E-state index contributed by atoms with van der Waals surface area (Å²) >= 11 is 1.82. The van der Waals surface area contributed by atoms with E-state index in [4.69, 9.17) is 4.99 Å². The molecule has 0 bridgehead atoms. The molecule has 29 heavy (non-hydrogen) atoms. The second-order valence-electron chi connectivity index (χ2n) is 7.96. The number of likely N-dealkylation sites (tertiary alicyclic amines) is 1. The Morgan fingerprint density at radius 2 is 1.93 bits per heavy atom. The number of hydrogen-bond donors (Lipinski definition) is 3. The van der Waals surface area contributed by atoms with Gasteiger partial charge in [-0.1, -0.05) is 13.0 Å². The summed E-state index contributed by atoms with van der Waals surface area (Å²) in [5, 5.41) is 11.8. The molecule has 1 aromatic heterocycles. The van der Waals surface area contributed by atoms with Crippen LogP contribution in [0.4, 0.5) is 0 Å². The fourth-order valence-corrected chi connectivity index (χ4v) is 4.43. The van der Waals surface area contributed by atoms with Gasteiger partial charge in [-0.05, 0) is 63.1 Å². The second kappa shape index (κ2) is 12.7. The maximum atomic E-state index is 11.7. The molecule has 0 spiro atoms. The molecule has 1 aliphatic carbocycles. The average Bonchev–Trinajstić information content (AvgIpc) is 3.42. The zero-order valence-electron chi connectivity index (χ0n) is 17.7. The lowest BCUT2D eigenvalue weighted by molar-refractivity contribution is -0.122. The zero-order valence-corrected chi connectivity index (χ0v) is 20.8. The Bertz CT molecular complexity index is 627. The highest BCUT2D eigenvalue weighted by Crippen LogP contribution is 2.30. The Labute approximate surface area is 196 Å². The van der Waals surface area contributed by atoms with Crippen LogP contribution >= 0.6 is 35.3 Å². The van der Waals surface area contributed by atoms with E-state index in [9.17, 15) is 4.79 Å². The molecule has 1 saturated carbocycles. The summed E-state index contributed by atoms with van der Waals surface area (Å²) in [5.74, 6) is 2.12. The summed E-state index contributed by atoms with van der Waals surface area (Å²) in [7, 11) is 0. The molecule has 1 aliphatic heterocycles. The summed E-state index contributed by atoms with van der Waals surface area (Å²) in [6.45, 7) is 9.63. The fourth-order valence-electron chi connectivity index (χ4n) is 3.58. The first-order chi connectivity index (χ1) is 13.7. The number of halogens is 1. The van der Waals surface area contributed by atoms with E-state index in [1.807, 2.05) is 11.3 Å². The van der Waals surface area contributed by atoms with E-state index in [1.165, 1.54) is 17.7 Å². The van der Waals surface area contributed by atoms with Gasteiger partial charge in [-0.3, -0.25) is 14.7 Å². The lowest BCUT2D eigenvalue weighted by Crippen LogP contribution is -2.42. The Hall–Kier alpha value is -0.870. The normalized spacial score (nSPS) is 19.3. The third-order valence-electron chi connectivity index (χ3n) is 5.56. The molecule has 6 nitrogen and oxygen atoms in total. The predicted octanol–water partition coefficient (Wildman–Crippen LogP) is 3.22. The first kappa shape index (κ1) is 24.4. The van der Waals surface area contributed by atoms with E-state index in [0.717, 1.165) is 50.9 Å². The van der Waals surface area contributed by atoms with Crippen molar-refractivity contribution in [1.29, 1.82) is 0 Å². The monoisotopic (exact) mass is 533 g/mol. The van der Waals surface area contributed by atoms with Crippen LogP contribution in [0.5, 0.6) is 0 Å². The zero-order chi connectivity index (χ0) is 19.8. The molecular formula is C21H36IN5OS. The van der Waals surface area contributed by atoms with Crippen molar-refractivity contribution in [2.24, 2.45) is 16.8 Å². The van der Waals surface area contributed by atoms with Gasteiger partial charge in [-0.2, -0.15) is 0 Å². The van der Waals surface area contributed by atoms with Crippen LogP contribution < -0.4 is 16.0 Å². The molecule has 0 radical (unpaired) electrons. The van der Waals surface area contributed by atoms with Crippen LogP contribution in [0.25, 0.3) is 0 Å². The molecule has 0 aromatic carbocycles. The summed E-state index contributed by atoms with van der Waals surface area (Å²) in [6, 6.07) is 4.71. The number of hydrogen-bond acceptors (Lipinski definition) is 4. The van der Waals surface area contributed by atoms with Crippen molar-refractivity contribution in [3.63, 3.8) is 0 Å². The van der Waals surface area contributed by atoms with Crippen LogP contribution in [-0.2, 0) is 4.79 Å². The van der Waals surface area contributed by atoms with E-state index in [-0.39, 0.29) is 35.8 Å². The average molecular weight is 534 g/mol. The Balaban J connectivity index is 0.00000300. The summed E-state index contributed by atoms with van der Waals surface area (Å²) in [6.07, 6.45) is 4.63. The number of carbonyl (C=O) groups is 1. The number of piperidine rings is 1. The second-order valence-corrected chi connectivity index (χ2v) is 8.94. The number of carbonyl (C=O) groups excluding carboxylic acids is 1. The van der Waals surface area contributed by atoms with E-state index < -0.39 is 0 Å². The van der Waals surface area contributed by atoms with Crippen LogP contribution in [0, 0.1) is 11.8 Å². The molecular weight excluding hydrogens is 497 g/mol. The summed E-state index contributed by atoms with van der Waals surface area (Å²) in [5.41, 5.74) is 0. The van der Waals surface area contributed by atoms with Crippen LogP contribution in [0.1, 0.15) is 50.4 Å². The number of nitrogens with one attached hydrogen (secondary N) is 3. The van der Waals surface area contributed by atoms with E-state index in [2.05, 4.69) is 52.2 Å². The number of aliphatic imine (C=N–C) groups is 1. The van der Waals surface area contributed by atoms with Gasteiger partial charge in [-0.25, -0.2) is 0 Å². The van der Waals surface area contributed by atoms with E-state index in [0.29, 0.717) is 19.1 Å². The highest BCUT2D eigenvalue weighted by Gasteiger charge is 2.29. The Kier molecular flexibility index (Phi) is 10.7. The van der Waals surface area contributed by atoms with Crippen molar-refractivity contribution in [2.45, 2.75) is 45.6 Å². The topological polar surface area (TPSA) is 68.8 Å². The third kappa shape index (κ3) is 8.05. The van der Waals surface area contributed by atoms with Crippen LogP contribution in [0.2, 0.25) is 0 Å². The largest absolute Gasteiger partial charge is 0.357 e. The summed E-state index contributed by atoms with van der Waals surface area (Å²) < 4.78 is 0. The molecule has 164 valence electrons. The minimum atomic E-state index is 0. The molecule has 1 aromatic rings. The minimum absolute atomic E-state index is 0. The van der Waals surface area contributed by atoms with Gasteiger partial charge in [0.2, 0.25) is 5.91 Å². The SMILES string of the molecule is CCNC(=NCC(c1cccs1)N1CCC(C)CC1)NCCNC(=O)C1CC1.I. The van der Waals surface area contributed by atoms with Gasteiger partial charge in [0, 0.05) is 30.4 Å². The maximum absolute atomic E-state index is 11.7. The van der Waals surface area contributed by atoms with Crippen LogP contribution in [0.3, 0.4) is 0 Å². The van der Waals surface area contributed by atoms with Gasteiger partial charge in [0.15, 0.2) is 5.96 Å². The fraction of sp³-hybridized carbons (Fsp3) is 0.714. The van der Waals surface area contributed by atoms with Gasteiger partial charge in [0.1, 0.15) is 0 Å². The van der Waals surface area contributed by atoms with Gasteiger partial charge < -0.3 is 16.0 Å². The number of nitrogens with zero attached hydrogens (tertiary/aromatic N) is 2. The molecule has 1 amide bonds. The van der Waals surface area contributed by atoms with Crippen molar-refractivity contribution in [3.05, 3.63) is 22.4 Å². The third-order valence-corrected chi connectivity index (χ3v) is 6.54. The Morgan fingerprint density at radius 3 is 2.55 bits per heavy atom. The molecule has 2 fully saturated rings. The molecule has 2 heterocycles. The lowest BCUT2D eigenvalue weighted by atomic mass is 9.97. The van der Waals surface area contributed by atoms with Gasteiger partial charge in [-0.15, -0.1) is 35.3 Å². The van der Waals surface area contributed by atoms with Crippen LogP contribution in [0.15, 0.2) is 22.5 Å². The smallest absolute Gasteiger partial charge is 0.223 e. The number of guanidine groups is 1. The first-order valence-electron chi connectivity index (χ1n) is 10.7. The summed E-state index contributed by atoms with van der Waals surface area (Å²) in [4.78, 5) is 20.6. The first-order valence-corrected chi connectivity index (χ1v) is 11.6. The van der Waals surface area contributed by atoms with Crippen molar-refractivity contribution in [3.8, 4) is 0 Å². The van der Waals surface area contributed by atoms with E-state index >= 15 is 0 Å². The van der Waals surface area contributed by atoms with Crippen LogP contribution in [-0.4, -0.2) is 56.0 Å². The van der Waals surface area contributed by atoms with Crippen molar-refractivity contribution in [1.82, 2.24) is 20.9 Å². The predicted molar refractivity (Wildman–Crippen MR) is 132 cm³/mol. The van der Waals surface area contributed by atoms with Gasteiger partial charge in [0.25, 0.3) is 0 Å². The van der Waals surface area contributed by atoms with Crippen molar-refractivity contribution < 1.29 is 4.79 Å². The number of rotatable bonds is 9. The quantitative estimate of drug-likeness (QED) is 0.197. The van der Waals surface area contributed by atoms with E-state index in [1.54, 1.807) is 0 Å². The number of amides is 1. The highest BCUT2D eigenvalue weighted by molar-refractivity contribution is 14.0. The van der Waals surface area contributed by atoms with Crippen molar-refractivity contribution >= 4 is 47.2 Å². The molecule has 3 N–H and O–H groups in total. The molecule has 1 unspecified atom stereocenters. The molecule has 1 saturated heterocycles. The molecule has 1 atom stereocenters. The maximum Gasteiger partial charge on any atom is 0.223 e. The molecule has 2 aliphatic rings. The minimum Gasteiger partial charge on any atom is -0.357 e.